The van der Waals surface area contributed by atoms with Gasteiger partial charge in [0, 0.05) is 19.2 Å². The number of amides is 1. The molecule has 1 amide bonds. The molecule has 4 nitrogen and oxygen atoms in total. The molecule has 4 heteroatoms. The highest BCUT2D eigenvalue weighted by molar-refractivity contribution is 5.94. The van der Waals surface area contributed by atoms with E-state index in [4.69, 9.17) is 9.47 Å². The topological polar surface area (TPSA) is 38.8 Å². The molecule has 1 aromatic rings. The summed E-state index contributed by atoms with van der Waals surface area (Å²) in [5, 5.41) is 0. The first-order valence-electron chi connectivity index (χ1n) is 6.27. The van der Waals surface area contributed by atoms with E-state index in [9.17, 15) is 4.79 Å². The lowest BCUT2D eigenvalue weighted by molar-refractivity contribution is 0.0774. The van der Waals surface area contributed by atoms with E-state index in [1.807, 2.05) is 7.05 Å². The third-order valence-electron chi connectivity index (χ3n) is 3.25. The third-order valence-corrected chi connectivity index (χ3v) is 3.25. The minimum atomic E-state index is 0.0219. The Bertz CT molecular complexity index is 445. The van der Waals surface area contributed by atoms with Gasteiger partial charge in [0.05, 0.1) is 0 Å². The van der Waals surface area contributed by atoms with Crippen LogP contribution in [0.2, 0.25) is 0 Å². The number of benzene rings is 1. The number of ether oxygens (including phenoxy) is 2. The van der Waals surface area contributed by atoms with E-state index in [1.165, 1.54) is 0 Å². The number of nitrogens with zero attached hydrogens (tertiary/aromatic N) is 1. The molecule has 0 aromatic heterocycles. The van der Waals surface area contributed by atoms with E-state index in [0.29, 0.717) is 23.0 Å². The fraction of sp³-hybridized carbons (Fsp3) is 0.500. The first-order valence-corrected chi connectivity index (χ1v) is 6.27. The molecule has 1 aliphatic heterocycles. The van der Waals surface area contributed by atoms with Gasteiger partial charge >= 0.3 is 0 Å². The first-order chi connectivity index (χ1) is 8.61. The second-order valence-electron chi connectivity index (χ2n) is 4.77. The van der Waals surface area contributed by atoms with E-state index in [0.717, 1.165) is 13.0 Å². The van der Waals surface area contributed by atoms with Gasteiger partial charge in [-0.25, -0.2) is 0 Å². The molecule has 0 fully saturated rings. The SMILES string of the molecule is CC[C@H](C)CN(C)C(=O)c1ccc2c(c1)OCO2. The maximum Gasteiger partial charge on any atom is 0.253 e. The number of rotatable bonds is 4. The molecule has 0 saturated carbocycles. The van der Waals surface area contributed by atoms with Gasteiger partial charge in [0.1, 0.15) is 0 Å². The predicted octanol–water partition coefficient (Wildman–Crippen LogP) is 2.53. The molecule has 18 heavy (non-hydrogen) atoms. The summed E-state index contributed by atoms with van der Waals surface area (Å²) in [5.74, 6) is 1.88. The lowest BCUT2D eigenvalue weighted by atomic mass is 10.1. The average Bonchev–Trinajstić information content (AvgIpc) is 2.84. The Kier molecular flexibility index (Phi) is 3.75. The maximum absolute atomic E-state index is 12.2. The van der Waals surface area contributed by atoms with Gasteiger partial charge in [-0.3, -0.25) is 4.79 Å². The molecule has 0 radical (unpaired) electrons. The van der Waals surface area contributed by atoms with Gasteiger partial charge in [-0.2, -0.15) is 0 Å². The van der Waals surface area contributed by atoms with Crippen molar-refractivity contribution in [2.75, 3.05) is 20.4 Å². The Hall–Kier alpha value is -1.71. The van der Waals surface area contributed by atoms with Crippen molar-refractivity contribution >= 4 is 5.91 Å². The van der Waals surface area contributed by atoms with E-state index in [1.54, 1.807) is 23.1 Å². The van der Waals surface area contributed by atoms with Gasteiger partial charge in [0.15, 0.2) is 11.5 Å². The lowest BCUT2D eigenvalue weighted by Crippen LogP contribution is -2.30. The molecule has 0 spiro atoms. The molecule has 0 unspecified atom stereocenters. The van der Waals surface area contributed by atoms with E-state index < -0.39 is 0 Å². The molecule has 98 valence electrons. The molecule has 2 rings (SSSR count). The third kappa shape index (κ3) is 2.58. The Morgan fingerprint density at radius 2 is 2.11 bits per heavy atom. The predicted molar refractivity (Wildman–Crippen MR) is 69.0 cm³/mol. The largest absolute Gasteiger partial charge is 0.454 e. The summed E-state index contributed by atoms with van der Waals surface area (Å²) >= 11 is 0. The second-order valence-corrected chi connectivity index (χ2v) is 4.77. The number of carbonyl (C=O) groups is 1. The molecular weight excluding hydrogens is 230 g/mol. The zero-order valence-electron chi connectivity index (χ0n) is 11.1. The van der Waals surface area contributed by atoms with Crippen molar-refractivity contribution in [2.45, 2.75) is 20.3 Å². The van der Waals surface area contributed by atoms with Gasteiger partial charge in [-0.05, 0) is 24.1 Å². The fourth-order valence-corrected chi connectivity index (χ4v) is 1.93. The quantitative estimate of drug-likeness (QED) is 0.823. The van der Waals surface area contributed by atoms with E-state index >= 15 is 0 Å². The highest BCUT2D eigenvalue weighted by Gasteiger charge is 2.18. The van der Waals surface area contributed by atoms with Crippen LogP contribution in [0.25, 0.3) is 0 Å². The molecule has 0 N–H and O–H groups in total. The van der Waals surface area contributed by atoms with Gasteiger partial charge < -0.3 is 14.4 Å². The Morgan fingerprint density at radius 1 is 1.39 bits per heavy atom. The lowest BCUT2D eigenvalue weighted by Gasteiger charge is -2.20. The molecule has 1 atom stereocenters. The summed E-state index contributed by atoms with van der Waals surface area (Å²) in [6.45, 7) is 5.27. The van der Waals surface area contributed by atoms with Crippen LogP contribution in [0.5, 0.6) is 11.5 Å². The first kappa shape index (κ1) is 12.7. The molecule has 1 aromatic carbocycles. The van der Waals surface area contributed by atoms with Crippen LogP contribution in [0.3, 0.4) is 0 Å². The van der Waals surface area contributed by atoms with Crippen LogP contribution in [0, 0.1) is 5.92 Å². The zero-order chi connectivity index (χ0) is 13.1. The Labute approximate surface area is 107 Å². The fourth-order valence-electron chi connectivity index (χ4n) is 1.93. The monoisotopic (exact) mass is 249 g/mol. The Balaban J connectivity index is 2.09. The summed E-state index contributed by atoms with van der Waals surface area (Å²) in [5.41, 5.74) is 0.644. The second kappa shape index (κ2) is 5.29. The zero-order valence-corrected chi connectivity index (χ0v) is 11.1. The molecule has 1 aliphatic rings. The summed E-state index contributed by atoms with van der Waals surface area (Å²) in [4.78, 5) is 14.0. The molecule has 1 heterocycles. The van der Waals surface area contributed by atoms with Crippen LogP contribution in [-0.4, -0.2) is 31.2 Å². The van der Waals surface area contributed by atoms with E-state index in [-0.39, 0.29) is 12.7 Å². The number of hydrogen-bond donors (Lipinski definition) is 0. The number of carbonyl (C=O) groups excluding carboxylic acids is 1. The van der Waals surface area contributed by atoms with Crippen LogP contribution in [-0.2, 0) is 0 Å². The highest BCUT2D eigenvalue weighted by Crippen LogP contribution is 2.32. The summed E-state index contributed by atoms with van der Waals surface area (Å²) in [7, 11) is 1.83. The van der Waals surface area contributed by atoms with Gasteiger partial charge in [-0.15, -0.1) is 0 Å². The average molecular weight is 249 g/mol. The van der Waals surface area contributed by atoms with Crippen molar-refractivity contribution in [1.82, 2.24) is 4.90 Å². The van der Waals surface area contributed by atoms with Crippen LogP contribution in [0.1, 0.15) is 30.6 Å². The van der Waals surface area contributed by atoms with Crippen LogP contribution >= 0.6 is 0 Å². The van der Waals surface area contributed by atoms with Crippen LogP contribution in [0.15, 0.2) is 18.2 Å². The van der Waals surface area contributed by atoms with Gasteiger partial charge in [0.25, 0.3) is 5.91 Å². The number of hydrogen-bond acceptors (Lipinski definition) is 3. The van der Waals surface area contributed by atoms with Gasteiger partial charge in [0.2, 0.25) is 6.79 Å². The smallest absolute Gasteiger partial charge is 0.253 e. The molecule has 0 aliphatic carbocycles. The minimum Gasteiger partial charge on any atom is -0.454 e. The summed E-state index contributed by atoms with van der Waals surface area (Å²) in [6, 6.07) is 5.31. The van der Waals surface area contributed by atoms with Crippen molar-refractivity contribution < 1.29 is 14.3 Å². The standard InChI is InChI=1S/C14H19NO3/c1-4-10(2)8-15(3)14(16)11-5-6-12-13(7-11)18-9-17-12/h5-7,10H,4,8-9H2,1-3H3/t10-/m0/s1. The highest BCUT2D eigenvalue weighted by atomic mass is 16.7. The van der Waals surface area contributed by atoms with Crippen molar-refractivity contribution in [1.29, 1.82) is 0 Å². The maximum atomic E-state index is 12.2. The van der Waals surface area contributed by atoms with Crippen molar-refractivity contribution in [3.8, 4) is 11.5 Å². The molecular formula is C14H19NO3. The van der Waals surface area contributed by atoms with Crippen molar-refractivity contribution in [2.24, 2.45) is 5.92 Å². The minimum absolute atomic E-state index is 0.0219. The molecule has 0 bridgehead atoms. The normalized spacial score (nSPS) is 14.4. The van der Waals surface area contributed by atoms with Crippen LogP contribution < -0.4 is 9.47 Å². The molecule has 0 saturated heterocycles. The number of fused-ring (bicyclic) bond motifs is 1. The summed E-state index contributed by atoms with van der Waals surface area (Å²) < 4.78 is 10.5. The van der Waals surface area contributed by atoms with Crippen molar-refractivity contribution in [3.63, 3.8) is 0 Å². The van der Waals surface area contributed by atoms with Gasteiger partial charge in [-0.1, -0.05) is 20.3 Å². The Morgan fingerprint density at radius 3 is 2.83 bits per heavy atom. The summed E-state index contributed by atoms with van der Waals surface area (Å²) in [6.07, 6.45) is 1.07. The van der Waals surface area contributed by atoms with E-state index in [2.05, 4.69) is 13.8 Å². The van der Waals surface area contributed by atoms with Crippen molar-refractivity contribution in [3.05, 3.63) is 23.8 Å². The van der Waals surface area contributed by atoms with Crippen LogP contribution in [0.4, 0.5) is 0 Å².